The molecule has 0 atom stereocenters. The highest BCUT2D eigenvalue weighted by molar-refractivity contribution is 5.91. The van der Waals surface area contributed by atoms with E-state index in [4.69, 9.17) is 0 Å². The van der Waals surface area contributed by atoms with Crippen LogP contribution in [0.3, 0.4) is 0 Å². The van der Waals surface area contributed by atoms with E-state index in [1.807, 2.05) is 67.7 Å². The number of aryl methyl sites for hydroxylation is 1. The molecule has 0 bridgehead atoms. The Labute approximate surface area is 129 Å². The summed E-state index contributed by atoms with van der Waals surface area (Å²) in [7, 11) is 0. The average molecular weight is 291 g/mol. The lowest BCUT2D eigenvalue weighted by molar-refractivity contribution is -0.115. The van der Waals surface area contributed by atoms with Crippen LogP contribution in [0.4, 0.5) is 5.82 Å². The second-order valence-corrected chi connectivity index (χ2v) is 5.13. The van der Waals surface area contributed by atoms with E-state index in [-0.39, 0.29) is 5.91 Å². The van der Waals surface area contributed by atoms with Gasteiger partial charge in [-0.25, -0.2) is 4.68 Å². The molecule has 110 valence electrons. The highest BCUT2D eigenvalue weighted by atomic mass is 16.1. The summed E-state index contributed by atoms with van der Waals surface area (Å²) in [6, 6.07) is 19.5. The number of benzene rings is 2. The molecule has 0 aliphatic heterocycles. The van der Waals surface area contributed by atoms with Crippen molar-refractivity contribution in [1.29, 1.82) is 0 Å². The Morgan fingerprint density at radius 3 is 2.55 bits per heavy atom. The molecule has 0 spiro atoms. The minimum absolute atomic E-state index is 0.0624. The van der Waals surface area contributed by atoms with E-state index in [0.717, 1.165) is 16.8 Å². The normalized spacial score (nSPS) is 10.4. The van der Waals surface area contributed by atoms with Crippen LogP contribution >= 0.6 is 0 Å². The van der Waals surface area contributed by atoms with Gasteiger partial charge >= 0.3 is 0 Å². The van der Waals surface area contributed by atoms with Crippen molar-refractivity contribution in [3.63, 3.8) is 0 Å². The predicted octanol–water partition coefficient (Wildman–Crippen LogP) is 3.36. The summed E-state index contributed by atoms with van der Waals surface area (Å²) >= 11 is 0. The van der Waals surface area contributed by atoms with E-state index >= 15 is 0 Å². The van der Waals surface area contributed by atoms with Crippen LogP contribution in [-0.4, -0.2) is 15.7 Å². The first-order valence-corrected chi connectivity index (χ1v) is 7.18. The molecular formula is C18H17N3O. The van der Waals surface area contributed by atoms with E-state index in [0.29, 0.717) is 12.2 Å². The quantitative estimate of drug-likeness (QED) is 0.801. The van der Waals surface area contributed by atoms with Crippen molar-refractivity contribution in [3.8, 4) is 5.69 Å². The van der Waals surface area contributed by atoms with Crippen molar-refractivity contribution < 1.29 is 4.79 Å². The molecule has 0 unspecified atom stereocenters. The van der Waals surface area contributed by atoms with Crippen LogP contribution in [0.15, 0.2) is 66.9 Å². The number of para-hydroxylation sites is 1. The van der Waals surface area contributed by atoms with Gasteiger partial charge in [-0.15, -0.1) is 0 Å². The van der Waals surface area contributed by atoms with Crippen LogP contribution in [0.5, 0.6) is 0 Å². The molecule has 3 rings (SSSR count). The summed E-state index contributed by atoms with van der Waals surface area (Å²) in [5, 5.41) is 7.21. The van der Waals surface area contributed by atoms with Crippen LogP contribution in [0.2, 0.25) is 0 Å². The first-order chi connectivity index (χ1) is 10.7. The number of nitrogens with one attached hydrogen (secondary N) is 1. The standard InChI is InChI=1S/C18H17N3O/c1-14-7-5-6-8-15(14)13-18(22)19-17-11-12-21(20-17)16-9-3-2-4-10-16/h2-12H,13H2,1H3,(H,19,20,22). The molecule has 1 amide bonds. The highest BCUT2D eigenvalue weighted by Crippen LogP contribution is 2.12. The summed E-state index contributed by atoms with van der Waals surface area (Å²) in [5.74, 6) is 0.495. The van der Waals surface area contributed by atoms with Crippen LogP contribution in [0.25, 0.3) is 5.69 Å². The number of aromatic nitrogens is 2. The Hall–Kier alpha value is -2.88. The molecular weight excluding hydrogens is 274 g/mol. The van der Waals surface area contributed by atoms with Gasteiger partial charge in [0, 0.05) is 12.3 Å². The van der Waals surface area contributed by atoms with Gasteiger partial charge in [0.05, 0.1) is 12.1 Å². The van der Waals surface area contributed by atoms with E-state index in [2.05, 4.69) is 10.4 Å². The monoisotopic (exact) mass is 291 g/mol. The molecule has 1 heterocycles. The average Bonchev–Trinajstić information content (AvgIpc) is 2.99. The zero-order valence-electron chi connectivity index (χ0n) is 12.4. The molecule has 22 heavy (non-hydrogen) atoms. The predicted molar refractivity (Wildman–Crippen MR) is 87.1 cm³/mol. The van der Waals surface area contributed by atoms with Gasteiger partial charge in [-0.3, -0.25) is 4.79 Å². The third kappa shape index (κ3) is 3.23. The van der Waals surface area contributed by atoms with Crippen molar-refractivity contribution in [3.05, 3.63) is 78.0 Å². The molecule has 1 N–H and O–H groups in total. The molecule has 0 radical (unpaired) electrons. The van der Waals surface area contributed by atoms with E-state index in [9.17, 15) is 4.79 Å². The van der Waals surface area contributed by atoms with Crippen molar-refractivity contribution in [1.82, 2.24) is 9.78 Å². The minimum atomic E-state index is -0.0624. The lowest BCUT2D eigenvalue weighted by atomic mass is 10.1. The summed E-state index contributed by atoms with van der Waals surface area (Å²) in [4.78, 5) is 12.1. The minimum Gasteiger partial charge on any atom is -0.309 e. The largest absolute Gasteiger partial charge is 0.309 e. The van der Waals surface area contributed by atoms with Crippen LogP contribution in [0, 0.1) is 6.92 Å². The molecule has 0 saturated heterocycles. The maximum Gasteiger partial charge on any atom is 0.230 e. The van der Waals surface area contributed by atoms with Gasteiger partial charge in [0.2, 0.25) is 5.91 Å². The van der Waals surface area contributed by atoms with Gasteiger partial charge in [-0.1, -0.05) is 42.5 Å². The van der Waals surface area contributed by atoms with Crippen molar-refractivity contribution in [2.75, 3.05) is 5.32 Å². The Balaban J connectivity index is 1.68. The molecule has 0 aliphatic carbocycles. The molecule has 3 aromatic rings. The second-order valence-electron chi connectivity index (χ2n) is 5.13. The zero-order valence-corrected chi connectivity index (χ0v) is 12.4. The maximum absolute atomic E-state index is 12.1. The molecule has 0 saturated carbocycles. The van der Waals surface area contributed by atoms with Crippen molar-refractivity contribution in [2.45, 2.75) is 13.3 Å². The lowest BCUT2D eigenvalue weighted by Crippen LogP contribution is -2.15. The summed E-state index contributed by atoms with van der Waals surface area (Å²) in [6.45, 7) is 2.01. The fourth-order valence-corrected chi connectivity index (χ4v) is 2.28. The molecule has 0 fully saturated rings. The smallest absolute Gasteiger partial charge is 0.230 e. The van der Waals surface area contributed by atoms with Gasteiger partial charge in [0.1, 0.15) is 0 Å². The molecule has 1 aromatic heterocycles. The summed E-state index contributed by atoms with van der Waals surface area (Å²) < 4.78 is 1.74. The first kappa shape index (κ1) is 14.1. The SMILES string of the molecule is Cc1ccccc1CC(=O)Nc1ccn(-c2ccccc2)n1. The summed E-state index contributed by atoms with van der Waals surface area (Å²) in [6.07, 6.45) is 2.18. The van der Waals surface area contributed by atoms with Crippen molar-refractivity contribution in [2.24, 2.45) is 0 Å². The van der Waals surface area contributed by atoms with E-state index in [1.165, 1.54) is 0 Å². The van der Waals surface area contributed by atoms with Crippen LogP contribution in [0.1, 0.15) is 11.1 Å². The Kier molecular flexibility index (Phi) is 4.01. The third-order valence-electron chi connectivity index (χ3n) is 3.49. The fourth-order valence-electron chi connectivity index (χ4n) is 2.28. The Bertz CT molecular complexity index is 778. The summed E-state index contributed by atoms with van der Waals surface area (Å²) in [5.41, 5.74) is 3.11. The van der Waals surface area contributed by atoms with Gasteiger partial charge in [-0.05, 0) is 30.2 Å². The van der Waals surface area contributed by atoms with Gasteiger partial charge in [-0.2, -0.15) is 5.10 Å². The third-order valence-corrected chi connectivity index (χ3v) is 3.49. The first-order valence-electron chi connectivity index (χ1n) is 7.18. The fraction of sp³-hybridized carbons (Fsp3) is 0.111. The molecule has 4 nitrogen and oxygen atoms in total. The van der Waals surface area contributed by atoms with Crippen LogP contribution in [-0.2, 0) is 11.2 Å². The molecule has 0 aliphatic rings. The molecule has 4 heteroatoms. The maximum atomic E-state index is 12.1. The van der Waals surface area contributed by atoms with Crippen LogP contribution < -0.4 is 5.32 Å². The number of hydrogen-bond acceptors (Lipinski definition) is 2. The topological polar surface area (TPSA) is 46.9 Å². The number of anilines is 1. The number of rotatable bonds is 4. The van der Waals surface area contributed by atoms with Crippen molar-refractivity contribution >= 4 is 11.7 Å². The van der Waals surface area contributed by atoms with Gasteiger partial charge in [0.15, 0.2) is 5.82 Å². The number of hydrogen-bond donors (Lipinski definition) is 1. The van der Waals surface area contributed by atoms with Gasteiger partial charge < -0.3 is 5.32 Å². The lowest BCUT2D eigenvalue weighted by Gasteiger charge is -2.05. The number of nitrogens with zero attached hydrogens (tertiary/aromatic N) is 2. The number of amides is 1. The zero-order chi connectivity index (χ0) is 15.4. The van der Waals surface area contributed by atoms with E-state index in [1.54, 1.807) is 10.7 Å². The second kappa shape index (κ2) is 6.26. The number of carbonyl (C=O) groups excluding carboxylic acids is 1. The Morgan fingerprint density at radius 1 is 1.05 bits per heavy atom. The highest BCUT2D eigenvalue weighted by Gasteiger charge is 2.08. The van der Waals surface area contributed by atoms with E-state index < -0.39 is 0 Å². The Morgan fingerprint density at radius 2 is 1.77 bits per heavy atom. The van der Waals surface area contributed by atoms with Gasteiger partial charge in [0.25, 0.3) is 0 Å². The number of carbonyl (C=O) groups is 1. The molecule has 2 aromatic carbocycles.